The van der Waals surface area contributed by atoms with Crippen molar-refractivity contribution < 1.29 is 0 Å². The molecule has 7 rings (SSSR count). The molecule has 150 valence electrons. The van der Waals surface area contributed by atoms with E-state index in [4.69, 9.17) is 0 Å². The molecule has 1 atom stereocenters. The average molecular weight is 408 g/mol. The second kappa shape index (κ2) is 6.45. The SMILES string of the molecule is C1=CC2(C=CC=C3C2=C(Nc2ccccc2)c2ccccc23)C2=Cc3ccccc3C2=C1. The molecule has 0 saturated heterocycles. The maximum Gasteiger partial charge on any atom is 0.0602 e. The fourth-order valence-corrected chi connectivity index (χ4v) is 5.64. The van der Waals surface area contributed by atoms with E-state index in [2.05, 4.69) is 127 Å². The van der Waals surface area contributed by atoms with Gasteiger partial charge in [0, 0.05) is 16.8 Å². The minimum Gasteiger partial charge on any atom is -0.355 e. The highest BCUT2D eigenvalue weighted by Gasteiger charge is 2.46. The Hall–Kier alpha value is -4.10. The minimum absolute atomic E-state index is 0.302. The zero-order valence-corrected chi connectivity index (χ0v) is 17.5. The van der Waals surface area contributed by atoms with Gasteiger partial charge in [0.1, 0.15) is 0 Å². The van der Waals surface area contributed by atoms with Crippen molar-refractivity contribution >= 4 is 28.6 Å². The van der Waals surface area contributed by atoms with Gasteiger partial charge in [-0.1, -0.05) is 103 Å². The number of benzene rings is 3. The van der Waals surface area contributed by atoms with Gasteiger partial charge in [-0.3, -0.25) is 0 Å². The van der Waals surface area contributed by atoms with Crippen LogP contribution in [0.2, 0.25) is 0 Å². The summed E-state index contributed by atoms with van der Waals surface area (Å²) in [6.07, 6.45) is 16.1. The van der Waals surface area contributed by atoms with Crippen LogP contribution in [-0.4, -0.2) is 0 Å². The van der Waals surface area contributed by atoms with Crippen LogP contribution in [0.1, 0.15) is 22.3 Å². The van der Waals surface area contributed by atoms with E-state index in [0.717, 1.165) is 5.69 Å². The van der Waals surface area contributed by atoms with Gasteiger partial charge in [0.15, 0.2) is 0 Å². The van der Waals surface area contributed by atoms with Gasteiger partial charge in [-0.05, 0) is 51.6 Å². The van der Waals surface area contributed by atoms with Gasteiger partial charge in [-0.25, -0.2) is 0 Å². The summed E-state index contributed by atoms with van der Waals surface area (Å²) in [5, 5.41) is 3.79. The smallest absolute Gasteiger partial charge is 0.0602 e. The average Bonchev–Trinajstić information content (AvgIpc) is 3.38. The molecule has 0 aliphatic heterocycles. The van der Waals surface area contributed by atoms with Gasteiger partial charge in [0.2, 0.25) is 0 Å². The number of rotatable bonds is 2. The van der Waals surface area contributed by atoms with Crippen LogP contribution in [0.15, 0.2) is 126 Å². The standard InChI is InChI=1S/C31H21N/c1-2-11-22(12-3-1)32-30-27-15-7-6-14-24(27)26-17-9-19-31(29(26)30)18-8-16-25-23-13-5-4-10-21(23)20-28(25)31/h1-20,32H. The lowest BCUT2D eigenvalue weighted by molar-refractivity contribution is 0.751. The van der Waals surface area contributed by atoms with E-state index < -0.39 is 0 Å². The minimum atomic E-state index is -0.302. The second-order valence-electron chi connectivity index (χ2n) is 8.68. The summed E-state index contributed by atoms with van der Waals surface area (Å²) in [5.74, 6) is 0. The molecule has 1 heteroatoms. The molecule has 1 nitrogen and oxygen atoms in total. The van der Waals surface area contributed by atoms with Gasteiger partial charge < -0.3 is 5.32 Å². The zero-order valence-electron chi connectivity index (χ0n) is 17.5. The number of hydrogen-bond acceptors (Lipinski definition) is 1. The Morgan fingerprint density at radius 1 is 0.594 bits per heavy atom. The van der Waals surface area contributed by atoms with E-state index in [9.17, 15) is 0 Å². The van der Waals surface area contributed by atoms with E-state index in [1.165, 1.54) is 50.2 Å². The lowest BCUT2D eigenvalue weighted by atomic mass is 9.65. The van der Waals surface area contributed by atoms with Crippen molar-refractivity contribution in [2.45, 2.75) is 0 Å². The summed E-state index contributed by atoms with van der Waals surface area (Å²) in [6.45, 7) is 0. The molecule has 1 unspecified atom stereocenters. The lowest BCUT2D eigenvalue weighted by Gasteiger charge is -2.37. The Morgan fingerprint density at radius 3 is 2.06 bits per heavy atom. The highest BCUT2D eigenvalue weighted by Crippen LogP contribution is 2.60. The van der Waals surface area contributed by atoms with Crippen LogP contribution in [0.4, 0.5) is 5.69 Å². The monoisotopic (exact) mass is 407 g/mol. The first-order valence-electron chi connectivity index (χ1n) is 11.1. The van der Waals surface area contributed by atoms with Crippen LogP contribution in [-0.2, 0) is 0 Å². The van der Waals surface area contributed by atoms with Gasteiger partial charge in [-0.2, -0.15) is 0 Å². The molecule has 32 heavy (non-hydrogen) atoms. The molecule has 1 N–H and O–H groups in total. The summed E-state index contributed by atoms with van der Waals surface area (Å²) in [7, 11) is 0. The van der Waals surface area contributed by atoms with E-state index in [0.29, 0.717) is 0 Å². The zero-order chi connectivity index (χ0) is 21.1. The first-order chi connectivity index (χ1) is 15.9. The molecule has 0 heterocycles. The third-order valence-electron chi connectivity index (χ3n) is 6.99. The predicted octanol–water partition coefficient (Wildman–Crippen LogP) is 7.51. The Labute approximate surface area is 188 Å². The number of fused-ring (bicyclic) bond motifs is 8. The molecule has 3 aromatic rings. The van der Waals surface area contributed by atoms with Crippen molar-refractivity contribution in [3.63, 3.8) is 0 Å². The maximum absolute atomic E-state index is 3.79. The van der Waals surface area contributed by atoms with Crippen LogP contribution in [0.3, 0.4) is 0 Å². The van der Waals surface area contributed by atoms with Crippen molar-refractivity contribution in [3.8, 4) is 0 Å². The van der Waals surface area contributed by atoms with Crippen LogP contribution in [0, 0.1) is 5.41 Å². The molecule has 0 bridgehead atoms. The molecule has 4 aliphatic carbocycles. The highest BCUT2D eigenvalue weighted by atomic mass is 14.9. The predicted molar refractivity (Wildman–Crippen MR) is 135 cm³/mol. The number of nitrogens with one attached hydrogen (secondary N) is 1. The van der Waals surface area contributed by atoms with E-state index >= 15 is 0 Å². The molecule has 4 aliphatic rings. The summed E-state index contributed by atoms with van der Waals surface area (Å²) in [6, 6.07) is 28.0. The van der Waals surface area contributed by atoms with Gasteiger partial charge in [0.25, 0.3) is 0 Å². The maximum atomic E-state index is 3.79. The summed E-state index contributed by atoms with van der Waals surface area (Å²) >= 11 is 0. The van der Waals surface area contributed by atoms with Crippen LogP contribution < -0.4 is 5.32 Å². The van der Waals surface area contributed by atoms with Gasteiger partial charge in [0.05, 0.1) is 11.1 Å². The van der Waals surface area contributed by atoms with Crippen LogP contribution >= 0.6 is 0 Å². The number of para-hydroxylation sites is 1. The van der Waals surface area contributed by atoms with E-state index in [1.54, 1.807) is 0 Å². The van der Waals surface area contributed by atoms with Gasteiger partial charge >= 0.3 is 0 Å². The van der Waals surface area contributed by atoms with Crippen molar-refractivity contribution in [1.29, 1.82) is 0 Å². The van der Waals surface area contributed by atoms with E-state index in [-0.39, 0.29) is 5.41 Å². The molecule has 0 saturated carbocycles. The molecule has 0 amide bonds. The third kappa shape index (κ3) is 2.28. The summed E-state index contributed by atoms with van der Waals surface area (Å²) in [4.78, 5) is 0. The molecular weight excluding hydrogens is 386 g/mol. The molecule has 3 aromatic carbocycles. The molecular formula is C31H21N. The second-order valence-corrected chi connectivity index (χ2v) is 8.68. The Kier molecular flexibility index (Phi) is 3.54. The van der Waals surface area contributed by atoms with Crippen molar-refractivity contribution in [2.75, 3.05) is 5.32 Å². The van der Waals surface area contributed by atoms with Crippen molar-refractivity contribution in [1.82, 2.24) is 0 Å². The molecule has 0 aromatic heterocycles. The Bertz CT molecular complexity index is 1460. The van der Waals surface area contributed by atoms with E-state index in [1.807, 2.05) is 0 Å². The topological polar surface area (TPSA) is 12.0 Å². The highest BCUT2D eigenvalue weighted by molar-refractivity contribution is 6.09. The third-order valence-corrected chi connectivity index (χ3v) is 6.99. The van der Waals surface area contributed by atoms with Crippen molar-refractivity contribution in [3.05, 3.63) is 149 Å². The molecule has 0 fully saturated rings. The fourth-order valence-electron chi connectivity index (χ4n) is 5.64. The summed E-state index contributed by atoms with van der Waals surface area (Å²) < 4.78 is 0. The van der Waals surface area contributed by atoms with Crippen LogP contribution in [0.25, 0.3) is 22.9 Å². The Morgan fingerprint density at radius 2 is 1.25 bits per heavy atom. The van der Waals surface area contributed by atoms with Crippen molar-refractivity contribution in [2.24, 2.45) is 5.41 Å². The number of allylic oxidation sites excluding steroid dienone is 10. The van der Waals surface area contributed by atoms with Crippen LogP contribution in [0.5, 0.6) is 0 Å². The normalized spacial score (nSPS) is 21.4. The largest absolute Gasteiger partial charge is 0.355 e. The Balaban J connectivity index is 1.49. The number of anilines is 1. The molecule has 0 radical (unpaired) electrons. The molecule has 1 spiro atoms. The fraction of sp³-hybridized carbons (Fsp3) is 0.0323. The number of hydrogen-bond donors (Lipinski definition) is 1. The first kappa shape index (κ1) is 17.6. The quantitative estimate of drug-likeness (QED) is 0.463. The summed E-state index contributed by atoms with van der Waals surface area (Å²) in [5.41, 5.74) is 12.5. The lowest BCUT2D eigenvalue weighted by Crippen LogP contribution is -2.25. The van der Waals surface area contributed by atoms with Gasteiger partial charge in [-0.15, -0.1) is 0 Å². The first-order valence-corrected chi connectivity index (χ1v) is 11.1.